The number of hydrogen-bond acceptors (Lipinski definition) is 5. The number of anilines is 1. The second-order valence-corrected chi connectivity index (χ2v) is 16.5. The molecule has 7 nitrogen and oxygen atoms in total. The normalized spacial score (nSPS) is 18.3. The summed E-state index contributed by atoms with van der Waals surface area (Å²) in [5.41, 5.74) is 0.939. The number of likely N-dealkylation sites (tertiary alicyclic amines) is 1. The van der Waals surface area contributed by atoms with Crippen molar-refractivity contribution in [3.8, 4) is 0 Å². The van der Waals surface area contributed by atoms with Crippen molar-refractivity contribution in [2.45, 2.75) is 71.0 Å². The highest BCUT2D eigenvalue weighted by molar-refractivity contribution is 9.10. The molecule has 2 atom stereocenters. The van der Waals surface area contributed by atoms with Gasteiger partial charge in [0.2, 0.25) is 5.91 Å². The Bertz CT molecular complexity index is 1100. The van der Waals surface area contributed by atoms with E-state index in [1.165, 1.54) is 6.92 Å². The van der Waals surface area contributed by atoms with Gasteiger partial charge in [-0.25, -0.2) is 9.78 Å². The zero-order chi connectivity index (χ0) is 27.2. The topological polar surface area (TPSA) is 72.0 Å². The molecule has 1 aliphatic heterocycles. The van der Waals surface area contributed by atoms with Crippen LogP contribution >= 0.6 is 15.9 Å². The van der Waals surface area contributed by atoms with Crippen molar-refractivity contribution in [2.24, 2.45) is 0 Å². The van der Waals surface area contributed by atoms with Crippen LogP contribution in [0.25, 0.3) is 0 Å². The van der Waals surface area contributed by atoms with Gasteiger partial charge in [0.05, 0.1) is 16.6 Å². The molecule has 0 bridgehead atoms. The minimum Gasteiger partial charge on any atom is -0.445 e. The number of pyridine rings is 1. The predicted octanol–water partition coefficient (Wildman–Crippen LogP) is 6.55. The Morgan fingerprint density at radius 2 is 1.89 bits per heavy atom. The lowest BCUT2D eigenvalue weighted by molar-refractivity contribution is -0.116. The van der Waals surface area contributed by atoms with Gasteiger partial charge >= 0.3 is 6.09 Å². The fourth-order valence-electron chi connectivity index (χ4n) is 3.96. The van der Waals surface area contributed by atoms with Crippen LogP contribution in [0, 0.1) is 0 Å². The molecule has 2 amide bonds. The van der Waals surface area contributed by atoms with Gasteiger partial charge < -0.3 is 9.16 Å². The molecule has 0 radical (unpaired) electrons. The summed E-state index contributed by atoms with van der Waals surface area (Å²) < 4.78 is 13.1. The molecule has 1 aromatic heterocycles. The zero-order valence-electron chi connectivity index (χ0n) is 22.6. The summed E-state index contributed by atoms with van der Waals surface area (Å²) >= 11 is 3.48. The number of halogens is 1. The maximum absolute atomic E-state index is 13.2. The van der Waals surface area contributed by atoms with Gasteiger partial charge in [-0.3, -0.25) is 14.6 Å². The third-order valence-corrected chi connectivity index (χ3v) is 12.2. The molecule has 1 aromatic carbocycles. The van der Waals surface area contributed by atoms with Crippen molar-refractivity contribution in [1.82, 2.24) is 9.88 Å². The van der Waals surface area contributed by atoms with Gasteiger partial charge in [-0.05, 0) is 58.2 Å². The quantitative estimate of drug-likeness (QED) is 0.258. The second kappa shape index (κ2) is 12.4. The number of rotatable bonds is 8. The van der Waals surface area contributed by atoms with Crippen molar-refractivity contribution in [2.75, 3.05) is 18.0 Å². The molecule has 2 heterocycles. The Morgan fingerprint density at radius 3 is 2.51 bits per heavy atom. The van der Waals surface area contributed by atoms with Gasteiger partial charge in [0.25, 0.3) is 0 Å². The maximum atomic E-state index is 13.2. The average Bonchev–Trinajstić information content (AvgIpc) is 3.22. The Kier molecular flexibility index (Phi) is 9.72. The first kappa shape index (κ1) is 29.1. The number of ether oxygens (including phenoxy) is 1. The van der Waals surface area contributed by atoms with Crippen LogP contribution in [-0.4, -0.2) is 55.4 Å². The Labute approximate surface area is 230 Å². The van der Waals surface area contributed by atoms with E-state index in [0.29, 0.717) is 25.3 Å². The lowest BCUT2D eigenvalue weighted by atomic mass is 10.2. The van der Waals surface area contributed by atoms with E-state index in [9.17, 15) is 9.59 Å². The maximum Gasteiger partial charge on any atom is 0.410 e. The van der Waals surface area contributed by atoms with E-state index in [0.717, 1.165) is 10.0 Å². The number of aromatic nitrogens is 1. The standard InChI is InChI=1S/C28H38BrN3O4Si/c1-21(33)31(26-25(29)15-10-16-30-26)17-11-14-23-18-24(36-37(5,6)28(2,3)4)19-32(23)27(34)35-20-22-12-8-7-9-13-22/h7-16,23-24H,17-20H2,1-6H3/t23-,24-/m1/s1. The molecule has 0 aliphatic carbocycles. The van der Waals surface area contributed by atoms with Crippen LogP contribution in [0.1, 0.15) is 39.7 Å². The van der Waals surface area contributed by atoms with Crippen LogP contribution in [0.2, 0.25) is 18.1 Å². The molecular formula is C28H38BrN3O4Si. The first-order valence-corrected chi connectivity index (χ1v) is 16.3. The van der Waals surface area contributed by atoms with Crippen LogP contribution in [0.5, 0.6) is 0 Å². The molecule has 9 heteroatoms. The highest BCUT2D eigenvalue weighted by atomic mass is 79.9. The van der Waals surface area contributed by atoms with Crippen molar-refractivity contribution in [1.29, 1.82) is 0 Å². The molecule has 0 spiro atoms. The number of benzene rings is 1. The predicted molar refractivity (Wildman–Crippen MR) is 153 cm³/mol. The fourth-order valence-corrected chi connectivity index (χ4v) is 5.79. The van der Waals surface area contributed by atoms with Crippen molar-refractivity contribution in [3.05, 3.63) is 70.8 Å². The summed E-state index contributed by atoms with van der Waals surface area (Å²) in [4.78, 5) is 33.2. The molecule has 0 unspecified atom stereocenters. The lowest BCUT2D eigenvalue weighted by Gasteiger charge is -2.38. The highest BCUT2D eigenvalue weighted by Gasteiger charge is 2.43. The first-order chi connectivity index (χ1) is 17.4. The average molecular weight is 589 g/mol. The molecule has 200 valence electrons. The Balaban J connectivity index is 1.75. The summed E-state index contributed by atoms with van der Waals surface area (Å²) in [5, 5.41) is 0.0671. The van der Waals surface area contributed by atoms with Crippen LogP contribution in [0.15, 0.2) is 65.3 Å². The minimum atomic E-state index is -2.02. The van der Waals surface area contributed by atoms with Crippen LogP contribution in [-0.2, 0) is 20.6 Å². The van der Waals surface area contributed by atoms with Crippen molar-refractivity contribution < 1.29 is 18.8 Å². The summed E-state index contributed by atoms with van der Waals surface area (Å²) in [6, 6.07) is 13.1. The zero-order valence-corrected chi connectivity index (χ0v) is 25.2. The highest BCUT2D eigenvalue weighted by Crippen LogP contribution is 2.39. The van der Waals surface area contributed by atoms with E-state index in [4.69, 9.17) is 9.16 Å². The first-order valence-electron chi connectivity index (χ1n) is 12.6. The van der Waals surface area contributed by atoms with E-state index in [1.807, 2.05) is 54.6 Å². The third kappa shape index (κ3) is 7.75. The Morgan fingerprint density at radius 1 is 1.19 bits per heavy atom. The van der Waals surface area contributed by atoms with Crippen molar-refractivity contribution >= 4 is 42.1 Å². The second-order valence-electron chi connectivity index (χ2n) is 10.9. The van der Waals surface area contributed by atoms with Crippen LogP contribution in [0.4, 0.5) is 10.6 Å². The third-order valence-electron chi connectivity index (χ3n) is 7.03. The number of amides is 2. The molecule has 1 aliphatic rings. The molecule has 0 saturated carbocycles. The molecule has 1 saturated heterocycles. The van der Waals surface area contributed by atoms with Gasteiger partial charge in [0, 0.05) is 26.2 Å². The summed E-state index contributed by atoms with van der Waals surface area (Å²) in [6.07, 6.45) is 5.79. The van der Waals surface area contributed by atoms with Gasteiger partial charge in [-0.2, -0.15) is 0 Å². The number of hydrogen-bond donors (Lipinski definition) is 0. The van der Waals surface area contributed by atoms with Gasteiger partial charge in [-0.15, -0.1) is 0 Å². The molecule has 2 aromatic rings. The monoisotopic (exact) mass is 587 g/mol. The smallest absolute Gasteiger partial charge is 0.410 e. The van der Waals surface area contributed by atoms with E-state index in [-0.39, 0.29) is 35.8 Å². The summed E-state index contributed by atoms with van der Waals surface area (Å²) in [6.45, 7) is 13.6. The van der Waals surface area contributed by atoms with E-state index in [2.05, 4.69) is 54.8 Å². The van der Waals surface area contributed by atoms with E-state index < -0.39 is 8.32 Å². The number of carbonyl (C=O) groups excluding carboxylic acids is 2. The number of nitrogens with zero attached hydrogens (tertiary/aromatic N) is 3. The van der Waals surface area contributed by atoms with Gasteiger partial charge in [-0.1, -0.05) is 63.3 Å². The molecular weight excluding hydrogens is 550 g/mol. The summed E-state index contributed by atoms with van der Waals surface area (Å²) in [5.74, 6) is 0.443. The molecule has 37 heavy (non-hydrogen) atoms. The van der Waals surface area contributed by atoms with Gasteiger partial charge in [0.15, 0.2) is 8.32 Å². The van der Waals surface area contributed by atoms with E-state index in [1.54, 1.807) is 16.0 Å². The van der Waals surface area contributed by atoms with Crippen LogP contribution in [0.3, 0.4) is 0 Å². The number of carbonyl (C=O) groups is 2. The SMILES string of the molecule is CC(=O)N(CC=C[C@@H]1C[C@@H](O[Si](C)(C)C(C)(C)C)CN1C(=O)OCc1ccccc1)c1ncccc1Br. The Hall–Kier alpha value is -2.49. The van der Waals surface area contributed by atoms with E-state index >= 15 is 0 Å². The fraction of sp³-hybridized carbons (Fsp3) is 0.464. The molecule has 0 N–H and O–H groups in total. The van der Waals surface area contributed by atoms with Crippen molar-refractivity contribution in [3.63, 3.8) is 0 Å². The lowest BCUT2D eigenvalue weighted by Crippen LogP contribution is -2.44. The summed E-state index contributed by atoms with van der Waals surface area (Å²) in [7, 11) is -2.02. The minimum absolute atomic E-state index is 0.0671. The molecule has 3 rings (SSSR count). The van der Waals surface area contributed by atoms with Gasteiger partial charge in [0.1, 0.15) is 12.4 Å². The largest absolute Gasteiger partial charge is 0.445 e. The molecule has 1 fully saturated rings. The van der Waals surface area contributed by atoms with Crippen LogP contribution < -0.4 is 4.90 Å².